The highest BCUT2D eigenvalue weighted by atomic mass is 127. The van der Waals surface area contributed by atoms with Gasteiger partial charge >= 0.3 is 0 Å². The molecular weight excluding hydrogens is 579 g/mol. The van der Waals surface area contributed by atoms with E-state index in [-0.39, 0.29) is 28.8 Å². The Hall–Kier alpha value is -2.24. The van der Waals surface area contributed by atoms with Crippen LogP contribution in [0, 0.1) is 11.3 Å². The van der Waals surface area contributed by atoms with Crippen LogP contribution in [0.1, 0.15) is 11.1 Å². The molecule has 1 saturated heterocycles. The Morgan fingerprint density at radius 2 is 2.15 bits per heavy atom. The summed E-state index contributed by atoms with van der Waals surface area (Å²) in [5.41, 5.74) is 1.18. The van der Waals surface area contributed by atoms with E-state index < -0.39 is 10.0 Å². The number of hydrogen-bond acceptors (Lipinski definition) is 7. The maximum atomic E-state index is 13.8. The number of rotatable bonds is 7. The van der Waals surface area contributed by atoms with E-state index in [0.29, 0.717) is 30.4 Å². The summed E-state index contributed by atoms with van der Waals surface area (Å²) in [6.45, 7) is 1.58. The predicted molar refractivity (Wildman–Crippen MR) is 131 cm³/mol. The number of alkyl halides is 1. The van der Waals surface area contributed by atoms with Gasteiger partial charge in [0.2, 0.25) is 10.0 Å². The van der Waals surface area contributed by atoms with Crippen molar-refractivity contribution in [2.45, 2.75) is 21.9 Å². The Balaban J connectivity index is 1.73. The molecule has 1 fully saturated rings. The highest BCUT2D eigenvalue weighted by Crippen LogP contribution is 2.34. The number of hydrogen-bond donors (Lipinski definition) is 1. The lowest BCUT2D eigenvalue weighted by Gasteiger charge is -2.35. The van der Waals surface area contributed by atoms with Crippen LogP contribution in [0.4, 0.5) is 0 Å². The van der Waals surface area contributed by atoms with Gasteiger partial charge in [-0.05, 0) is 42.0 Å². The molecule has 1 atom stereocenters. The van der Waals surface area contributed by atoms with E-state index in [1.54, 1.807) is 17.1 Å². The average Bonchev–Trinajstić information content (AvgIpc) is 3.32. The first-order valence-corrected chi connectivity index (χ1v) is 13.4. The zero-order chi connectivity index (χ0) is 23.4. The van der Waals surface area contributed by atoms with Crippen molar-refractivity contribution in [1.29, 1.82) is 5.26 Å². The molecule has 172 valence electrons. The van der Waals surface area contributed by atoms with E-state index in [1.807, 2.05) is 18.2 Å². The summed E-state index contributed by atoms with van der Waals surface area (Å²) in [5, 5.41) is 17.2. The molecule has 2 aromatic carbocycles. The number of halogens is 2. The summed E-state index contributed by atoms with van der Waals surface area (Å²) >= 11 is 8.42. The molecule has 0 spiro atoms. The number of nitrogens with one attached hydrogen (secondary N) is 1. The summed E-state index contributed by atoms with van der Waals surface area (Å²) in [4.78, 5) is 3.87. The third kappa shape index (κ3) is 5.47. The summed E-state index contributed by atoms with van der Waals surface area (Å²) in [6, 6.07) is 11.3. The first-order chi connectivity index (χ1) is 15.9. The first-order valence-electron chi connectivity index (χ1n) is 10.0. The molecule has 1 unspecified atom stereocenters. The summed E-state index contributed by atoms with van der Waals surface area (Å²) in [7, 11) is -4.00. The smallest absolute Gasteiger partial charge is 0.247 e. The fourth-order valence-electron chi connectivity index (χ4n) is 3.63. The number of sulfonamides is 1. The van der Waals surface area contributed by atoms with Crippen molar-refractivity contribution in [2.75, 3.05) is 19.6 Å². The molecule has 12 heteroatoms. The second kappa shape index (κ2) is 10.4. The van der Waals surface area contributed by atoms with Crippen molar-refractivity contribution in [1.82, 2.24) is 24.4 Å². The summed E-state index contributed by atoms with van der Waals surface area (Å²) in [6.07, 6.45) is 2.96. The van der Waals surface area contributed by atoms with E-state index in [0.717, 1.165) is 9.99 Å². The predicted octanol–water partition coefficient (Wildman–Crippen LogP) is 3.19. The number of ether oxygens (including phenoxy) is 1. The number of nitriles is 1. The van der Waals surface area contributed by atoms with Gasteiger partial charge in [0, 0.05) is 29.1 Å². The number of benzene rings is 2. The second-order valence-electron chi connectivity index (χ2n) is 7.40. The van der Waals surface area contributed by atoms with E-state index in [9.17, 15) is 13.7 Å². The maximum absolute atomic E-state index is 13.8. The lowest BCUT2D eigenvalue weighted by molar-refractivity contribution is 0.238. The molecule has 1 aromatic heterocycles. The minimum atomic E-state index is -4.00. The van der Waals surface area contributed by atoms with E-state index in [4.69, 9.17) is 16.3 Å². The Morgan fingerprint density at radius 1 is 1.30 bits per heavy atom. The average molecular weight is 599 g/mol. The van der Waals surface area contributed by atoms with E-state index in [2.05, 4.69) is 38.0 Å². The molecule has 0 radical (unpaired) electrons. The number of piperazine rings is 1. The molecule has 0 saturated carbocycles. The van der Waals surface area contributed by atoms with Gasteiger partial charge < -0.3 is 10.1 Å². The monoisotopic (exact) mass is 598 g/mol. The molecule has 0 amide bonds. The van der Waals surface area contributed by atoms with E-state index in [1.165, 1.54) is 28.8 Å². The largest absolute Gasteiger partial charge is 0.456 e. The van der Waals surface area contributed by atoms with Crippen LogP contribution in [0.3, 0.4) is 0 Å². The Morgan fingerprint density at radius 3 is 2.88 bits per heavy atom. The van der Waals surface area contributed by atoms with Crippen LogP contribution in [0.5, 0.6) is 11.5 Å². The molecule has 1 aliphatic rings. The molecular formula is C21H20ClIN6O3S. The number of aromatic nitrogens is 3. The zero-order valence-corrected chi connectivity index (χ0v) is 21.1. The quantitative estimate of drug-likeness (QED) is 0.328. The second-order valence-corrected chi connectivity index (χ2v) is 10.5. The Kier molecular flexibility index (Phi) is 7.50. The Labute approximate surface area is 210 Å². The van der Waals surface area contributed by atoms with Gasteiger partial charge in [-0.2, -0.15) is 14.7 Å². The fraction of sp³-hybridized carbons (Fsp3) is 0.286. The Bertz CT molecular complexity index is 1280. The lowest BCUT2D eigenvalue weighted by atomic mass is 10.2. The molecule has 9 nitrogen and oxygen atoms in total. The van der Waals surface area contributed by atoms with Gasteiger partial charge in [-0.15, -0.1) is 0 Å². The van der Waals surface area contributed by atoms with Crippen molar-refractivity contribution in [3.63, 3.8) is 0 Å². The minimum absolute atomic E-state index is 0.0666. The molecule has 4 rings (SSSR count). The first kappa shape index (κ1) is 23.9. The van der Waals surface area contributed by atoms with Gasteiger partial charge in [0.25, 0.3) is 0 Å². The van der Waals surface area contributed by atoms with Gasteiger partial charge in [-0.1, -0.05) is 34.2 Å². The van der Waals surface area contributed by atoms with Crippen LogP contribution in [0.15, 0.2) is 53.9 Å². The van der Waals surface area contributed by atoms with Gasteiger partial charge in [-0.25, -0.2) is 13.4 Å². The van der Waals surface area contributed by atoms with Crippen LogP contribution in [0.25, 0.3) is 0 Å². The highest BCUT2D eigenvalue weighted by molar-refractivity contribution is 14.1. The topological polar surface area (TPSA) is 113 Å². The summed E-state index contributed by atoms with van der Waals surface area (Å²) in [5.74, 6) is 0.559. The molecule has 3 aromatic rings. The van der Waals surface area contributed by atoms with Crippen molar-refractivity contribution in [3.05, 3.63) is 65.2 Å². The van der Waals surface area contributed by atoms with Crippen LogP contribution in [0.2, 0.25) is 5.02 Å². The molecule has 0 aliphatic carbocycles. The molecule has 0 bridgehead atoms. The van der Waals surface area contributed by atoms with Gasteiger partial charge in [0.15, 0.2) is 0 Å². The van der Waals surface area contributed by atoms with E-state index >= 15 is 0 Å². The van der Waals surface area contributed by atoms with Gasteiger partial charge in [-0.3, -0.25) is 4.68 Å². The van der Waals surface area contributed by atoms with Crippen molar-refractivity contribution in [2.24, 2.45) is 0 Å². The minimum Gasteiger partial charge on any atom is -0.456 e. The van der Waals surface area contributed by atoms with Crippen LogP contribution in [-0.4, -0.2) is 53.2 Å². The normalized spacial score (nSPS) is 16.9. The van der Waals surface area contributed by atoms with Crippen LogP contribution < -0.4 is 10.1 Å². The zero-order valence-electron chi connectivity index (χ0n) is 17.4. The molecule has 1 aliphatic heterocycles. The SMILES string of the molecule is N#Cc1ccc(Oc2cc(Cl)cc(CI)c2)c(S(=O)(=O)N2CCNCC2Cn2cncn2)c1. The third-order valence-electron chi connectivity index (χ3n) is 5.13. The fourth-order valence-corrected chi connectivity index (χ4v) is 6.08. The molecule has 2 heterocycles. The standard InChI is InChI=1S/C21H20ClIN6O3S/c22-17-5-16(9-23)6-19(8-17)32-20-2-1-15(10-24)7-21(20)33(30,31)29-4-3-25-11-18(29)12-28-14-26-13-27-28/h1-2,5-8,13-14,18,25H,3-4,9,11-12H2. The third-order valence-corrected chi connectivity index (χ3v) is 8.21. The maximum Gasteiger partial charge on any atom is 0.247 e. The van der Waals surface area contributed by atoms with Crippen molar-refractivity contribution < 1.29 is 13.2 Å². The van der Waals surface area contributed by atoms with Crippen molar-refractivity contribution >= 4 is 44.2 Å². The number of nitrogens with zero attached hydrogens (tertiary/aromatic N) is 5. The highest BCUT2D eigenvalue weighted by Gasteiger charge is 2.36. The molecule has 33 heavy (non-hydrogen) atoms. The lowest BCUT2D eigenvalue weighted by Crippen LogP contribution is -2.55. The summed E-state index contributed by atoms with van der Waals surface area (Å²) < 4.78 is 37.4. The van der Waals surface area contributed by atoms with Crippen LogP contribution >= 0.6 is 34.2 Å². The molecule has 1 N–H and O–H groups in total. The van der Waals surface area contributed by atoms with Gasteiger partial charge in [0.1, 0.15) is 29.0 Å². The van der Waals surface area contributed by atoms with Crippen LogP contribution in [-0.2, 0) is 21.0 Å². The van der Waals surface area contributed by atoms with Crippen molar-refractivity contribution in [3.8, 4) is 17.6 Å². The van der Waals surface area contributed by atoms with Gasteiger partial charge in [0.05, 0.1) is 24.2 Å².